The highest BCUT2D eigenvalue weighted by Gasteiger charge is 2.30. The highest BCUT2D eigenvalue weighted by molar-refractivity contribution is 5.97. The van der Waals surface area contributed by atoms with Crippen LogP contribution >= 0.6 is 0 Å². The van der Waals surface area contributed by atoms with Crippen LogP contribution in [0.3, 0.4) is 0 Å². The monoisotopic (exact) mass is 736 g/mol. The van der Waals surface area contributed by atoms with Gasteiger partial charge in [0.05, 0.1) is 13.1 Å². The predicted molar refractivity (Wildman–Crippen MR) is 197 cm³/mol. The third-order valence-electron chi connectivity index (χ3n) is 9.31. The van der Waals surface area contributed by atoms with Crippen LogP contribution in [-0.4, -0.2) is 118 Å². The number of carbonyl (C=O) groups is 5. The molecule has 6 rings (SSSR count). The number of benzene rings is 2. The quantitative estimate of drug-likeness (QED) is 0.204. The summed E-state index contributed by atoms with van der Waals surface area (Å²) >= 11 is 0. The highest BCUT2D eigenvalue weighted by atomic mass is 16.5. The summed E-state index contributed by atoms with van der Waals surface area (Å²) in [4.78, 5) is 82.3. The van der Waals surface area contributed by atoms with E-state index in [0.29, 0.717) is 32.1 Å². The number of nitrogens with one attached hydrogen (secondary N) is 4. The highest BCUT2D eigenvalue weighted by Crippen LogP contribution is 2.13. The maximum atomic E-state index is 13.9. The van der Waals surface area contributed by atoms with Crippen LogP contribution in [0.15, 0.2) is 89.7 Å². The third kappa shape index (κ3) is 10.2. The van der Waals surface area contributed by atoms with Crippen LogP contribution < -0.4 is 26.2 Å². The number of nitrogens with zero attached hydrogens (tertiary/aromatic N) is 6. The Kier molecular flexibility index (Phi) is 12.6. The summed E-state index contributed by atoms with van der Waals surface area (Å²) in [7, 11) is 0. The zero-order chi connectivity index (χ0) is 37.9. The van der Waals surface area contributed by atoms with E-state index in [4.69, 9.17) is 4.52 Å². The lowest BCUT2D eigenvalue weighted by Gasteiger charge is -2.35. The van der Waals surface area contributed by atoms with Gasteiger partial charge in [-0.15, -0.1) is 0 Å². The van der Waals surface area contributed by atoms with E-state index in [-0.39, 0.29) is 56.4 Å². The molecule has 16 heteroatoms. The topological polar surface area (TPSA) is 195 Å². The second-order valence-electron chi connectivity index (χ2n) is 13.3. The molecule has 0 unspecified atom stereocenters. The minimum absolute atomic E-state index is 0.0197. The second kappa shape index (κ2) is 18.1. The predicted octanol–water partition coefficient (Wildman–Crippen LogP) is 0.319. The fraction of sp³-hybridized carbons (Fsp3) is 0.368. The van der Waals surface area contributed by atoms with Gasteiger partial charge in [-0.2, -0.15) is 0 Å². The molecule has 5 amide bonds. The lowest BCUT2D eigenvalue weighted by Crippen LogP contribution is -2.57. The fourth-order valence-electron chi connectivity index (χ4n) is 6.29. The molecule has 16 nitrogen and oxygen atoms in total. The minimum Gasteiger partial charge on any atom is -0.359 e. The van der Waals surface area contributed by atoms with Crippen molar-refractivity contribution < 1.29 is 28.5 Å². The first-order valence-corrected chi connectivity index (χ1v) is 18.0. The Bertz CT molecular complexity index is 1890. The first-order chi connectivity index (χ1) is 26.2. The maximum Gasteiger partial charge on any atom is 0.274 e. The van der Waals surface area contributed by atoms with E-state index in [1.807, 2.05) is 65.6 Å². The van der Waals surface area contributed by atoms with Crippen LogP contribution in [0.4, 0.5) is 5.95 Å². The van der Waals surface area contributed by atoms with Gasteiger partial charge < -0.3 is 35.6 Å². The standard InChI is InChI=1S/C38H44N10O6/c1-26-34(50)43-31(22-28-11-6-3-7-12-28)36(52)44-30(21-27-9-4-2-5-10-27)35(51)39-15-16-48(24-29-23-32(45-54-29)37(53)42-26)33(49)25-46-17-19-47(20-18-46)38-40-13-8-14-41-38/h2-14,23,26,30-31H,15-22,24-25H2,1H3,(H,39,51)(H,42,53)(H,43,50)(H,44,52)/t26-,30+,31-/m0/s1. The number of anilines is 1. The van der Waals surface area contributed by atoms with Crippen molar-refractivity contribution in [1.82, 2.24) is 46.2 Å². The Morgan fingerprint density at radius 1 is 0.759 bits per heavy atom. The second-order valence-corrected chi connectivity index (χ2v) is 13.3. The molecule has 3 atom stereocenters. The normalized spacial score (nSPS) is 20.9. The zero-order valence-corrected chi connectivity index (χ0v) is 30.0. The first-order valence-electron chi connectivity index (χ1n) is 18.0. The van der Waals surface area contributed by atoms with Crippen molar-refractivity contribution in [3.8, 4) is 0 Å². The number of hydrogen-bond acceptors (Lipinski definition) is 11. The van der Waals surface area contributed by atoms with Gasteiger partial charge in [0.2, 0.25) is 29.6 Å². The largest absolute Gasteiger partial charge is 0.359 e. The molecule has 54 heavy (non-hydrogen) atoms. The molecular weight excluding hydrogens is 692 g/mol. The molecule has 4 N–H and O–H groups in total. The van der Waals surface area contributed by atoms with Crippen molar-refractivity contribution in [2.75, 3.05) is 50.7 Å². The smallest absolute Gasteiger partial charge is 0.274 e. The van der Waals surface area contributed by atoms with Crippen molar-refractivity contribution in [3.05, 3.63) is 108 Å². The number of amides is 5. The van der Waals surface area contributed by atoms with E-state index < -0.39 is 41.8 Å². The zero-order valence-electron chi connectivity index (χ0n) is 30.0. The average Bonchev–Trinajstić information content (AvgIpc) is 3.67. The van der Waals surface area contributed by atoms with E-state index in [1.165, 1.54) is 17.9 Å². The molecule has 0 saturated carbocycles. The molecule has 0 aliphatic carbocycles. The summed E-state index contributed by atoms with van der Waals surface area (Å²) in [6, 6.07) is 18.5. The molecule has 4 heterocycles. The SMILES string of the molecule is C[C@@H]1NC(=O)c2cc(on2)CN(C(=O)CN2CCN(c3ncccn3)CC2)CCNC(=O)[C@@H](Cc2ccccc2)NC(=O)[C@H](Cc2ccccc2)NC1=O. The number of piperazine rings is 1. The fourth-order valence-corrected chi connectivity index (χ4v) is 6.29. The summed E-state index contributed by atoms with van der Waals surface area (Å²) in [6.07, 6.45) is 3.71. The Balaban J connectivity index is 1.21. The third-order valence-corrected chi connectivity index (χ3v) is 9.31. The van der Waals surface area contributed by atoms with E-state index in [2.05, 4.69) is 41.3 Å². The van der Waals surface area contributed by atoms with E-state index >= 15 is 0 Å². The van der Waals surface area contributed by atoms with Gasteiger partial charge in [0.15, 0.2) is 11.5 Å². The molecule has 2 aromatic heterocycles. The first kappa shape index (κ1) is 37.6. The molecular formula is C38H44N10O6. The lowest BCUT2D eigenvalue weighted by molar-refractivity contribution is -0.134. The minimum atomic E-state index is -1.07. The summed E-state index contributed by atoms with van der Waals surface area (Å²) in [5.41, 5.74) is 1.53. The van der Waals surface area contributed by atoms with Gasteiger partial charge in [-0.05, 0) is 24.1 Å². The lowest BCUT2D eigenvalue weighted by atomic mass is 10.0. The number of fused-ring (bicyclic) bond motifs is 2. The maximum absolute atomic E-state index is 13.9. The van der Waals surface area contributed by atoms with Crippen molar-refractivity contribution in [3.63, 3.8) is 0 Å². The van der Waals surface area contributed by atoms with Crippen molar-refractivity contribution in [2.45, 2.75) is 44.4 Å². The van der Waals surface area contributed by atoms with Crippen LogP contribution in [0.1, 0.15) is 34.3 Å². The molecule has 1 fully saturated rings. The van der Waals surface area contributed by atoms with Crippen LogP contribution in [0.5, 0.6) is 0 Å². The van der Waals surface area contributed by atoms with Crippen LogP contribution in [0, 0.1) is 0 Å². The van der Waals surface area contributed by atoms with Gasteiger partial charge in [0.25, 0.3) is 5.91 Å². The Hall–Kier alpha value is -6.16. The Morgan fingerprint density at radius 2 is 1.37 bits per heavy atom. The van der Waals surface area contributed by atoms with Crippen molar-refractivity contribution in [2.24, 2.45) is 0 Å². The Morgan fingerprint density at radius 3 is 2.02 bits per heavy atom. The van der Waals surface area contributed by atoms with Crippen LogP contribution in [-0.2, 0) is 38.6 Å². The molecule has 2 bridgehead atoms. The number of rotatable bonds is 7. The molecule has 2 aromatic carbocycles. The van der Waals surface area contributed by atoms with Gasteiger partial charge >= 0.3 is 0 Å². The van der Waals surface area contributed by atoms with Crippen molar-refractivity contribution >= 4 is 35.5 Å². The van der Waals surface area contributed by atoms with Crippen LogP contribution in [0.2, 0.25) is 0 Å². The number of aromatic nitrogens is 3. The molecule has 0 spiro atoms. The van der Waals surface area contributed by atoms with E-state index in [0.717, 1.165) is 11.1 Å². The molecule has 282 valence electrons. The van der Waals surface area contributed by atoms with E-state index in [9.17, 15) is 24.0 Å². The molecule has 1 saturated heterocycles. The summed E-state index contributed by atoms with van der Waals surface area (Å²) in [5.74, 6) is -1.61. The van der Waals surface area contributed by atoms with Gasteiger partial charge in [-0.3, -0.25) is 28.9 Å². The molecule has 0 radical (unpaired) electrons. The summed E-state index contributed by atoms with van der Waals surface area (Å²) in [5, 5.41) is 15.0. The van der Waals surface area contributed by atoms with Crippen molar-refractivity contribution in [1.29, 1.82) is 0 Å². The van der Waals surface area contributed by atoms with E-state index in [1.54, 1.807) is 18.5 Å². The Labute approximate surface area is 312 Å². The van der Waals surface area contributed by atoms with Gasteiger partial charge in [0.1, 0.15) is 18.1 Å². The van der Waals surface area contributed by atoms with Gasteiger partial charge in [-0.25, -0.2) is 9.97 Å². The van der Waals surface area contributed by atoms with Gasteiger partial charge in [-0.1, -0.05) is 65.8 Å². The average molecular weight is 737 g/mol. The van der Waals surface area contributed by atoms with Crippen LogP contribution in [0.25, 0.3) is 0 Å². The number of carbonyl (C=O) groups excluding carboxylic acids is 5. The summed E-state index contributed by atoms with van der Waals surface area (Å²) in [6.45, 7) is 4.26. The molecule has 2 aliphatic rings. The molecule has 2 aliphatic heterocycles. The van der Waals surface area contributed by atoms with Gasteiger partial charge in [0, 0.05) is 70.6 Å². The summed E-state index contributed by atoms with van der Waals surface area (Å²) < 4.78 is 5.47. The molecule has 4 aromatic rings. The number of hydrogen-bond donors (Lipinski definition) is 4.